The first-order valence-electron chi connectivity index (χ1n) is 9.32. The SMILES string of the molecule is CC1=NN(c2ccccc2)C(=O)/C1=C(\C=C/c1ccc(Cl)cc1)c1ccccc1. The minimum Gasteiger partial charge on any atom is -0.267 e. The summed E-state index contributed by atoms with van der Waals surface area (Å²) in [6.07, 6.45) is 3.96. The minimum atomic E-state index is -0.131. The summed E-state index contributed by atoms with van der Waals surface area (Å²) in [5.41, 5.74) is 4.85. The van der Waals surface area contributed by atoms with Crippen molar-refractivity contribution < 1.29 is 4.79 Å². The van der Waals surface area contributed by atoms with E-state index in [0.29, 0.717) is 16.3 Å². The van der Waals surface area contributed by atoms with Crippen LogP contribution >= 0.6 is 11.6 Å². The Hall–Kier alpha value is -3.43. The van der Waals surface area contributed by atoms with Crippen LogP contribution in [0.3, 0.4) is 0 Å². The summed E-state index contributed by atoms with van der Waals surface area (Å²) in [6.45, 7) is 1.87. The Morgan fingerprint density at radius 3 is 2.17 bits per heavy atom. The molecule has 4 heteroatoms. The molecular formula is C25H19ClN2O. The summed E-state index contributed by atoms with van der Waals surface area (Å²) in [4.78, 5) is 13.3. The topological polar surface area (TPSA) is 32.7 Å². The number of carbonyl (C=O) groups excluding carboxylic acids is 1. The summed E-state index contributed by atoms with van der Waals surface area (Å²) >= 11 is 5.99. The number of rotatable bonds is 4. The number of amides is 1. The fraction of sp³-hybridized carbons (Fsp3) is 0.0400. The number of nitrogens with zero attached hydrogens (tertiary/aromatic N) is 2. The molecule has 3 nitrogen and oxygen atoms in total. The van der Waals surface area contributed by atoms with E-state index in [1.165, 1.54) is 5.01 Å². The maximum atomic E-state index is 13.3. The van der Waals surface area contributed by atoms with Crippen LogP contribution in [0.4, 0.5) is 5.69 Å². The highest BCUT2D eigenvalue weighted by molar-refractivity contribution is 6.34. The molecule has 29 heavy (non-hydrogen) atoms. The highest BCUT2D eigenvalue weighted by atomic mass is 35.5. The zero-order valence-electron chi connectivity index (χ0n) is 15.9. The molecule has 1 aliphatic rings. The van der Waals surface area contributed by atoms with Crippen LogP contribution in [0.5, 0.6) is 0 Å². The molecule has 4 rings (SSSR count). The van der Waals surface area contributed by atoms with Crippen LogP contribution in [0.1, 0.15) is 18.1 Å². The van der Waals surface area contributed by atoms with Crippen LogP contribution in [0.2, 0.25) is 5.02 Å². The van der Waals surface area contributed by atoms with E-state index >= 15 is 0 Å². The first-order chi connectivity index (χ1) is 14.1. The van der Waals surface area contributed by atoms with Crippen molar-refractivity contribution in [1.29, 1.82) is 0 Å². The van der Waals surface area contributed by atoms with Crippen molar-refractivity contribution >= 4 is 40.6 Å². The molecule has 1 aliphatic heterocycles. The summed E-state index contributed by atoms with van der Waals surface area (Å²) in [6, 6.07) is 26.9. The van der Waals surface area contributed by atoms with E-state index in [4.69, 9.17) is 11.6 Å². The molecule has 1 heterocycles. The first-order valence-corrected chi connectivity index (χ1v) is 9.70. The Kier molecular flexibility index (Phi) is 5.41. The van der Waals surface area contributed by atoms with Gasteiger partial charge in [-0.25, -0.2) is 0 Å². The Morgan fingerprint density at radius 2 is 1.52 bits per heavy atom. The third kappa shape index (κ3) is 4.05. The van der Waals surface area contributed by atoms with Gasteiger partial charge in [-0.2, -0.15) is 10.1 Å². The Labute approximate surface area is 175 Å². The van der Waals surface area contributed by atoms with E-state index in [1.807, 2.05) is 104 Å². The van der Waals surface area contributed by atoms with Gasteiger partial charge >= 0.3 is 0 Å². The van der Waals surface area contributed by atoms with Crippen molar-refractivity contribution in [2.75, 3.05) is 5.01 Å². The number of hydrogen-bond donors (Lipinski definition) is 0. The number of hydrogen-bond acceptors (Lipinski definition) is 2. The summed E-state index contributed by atoms with van der Waals surface area (Å²) in [5.74, 6) is -0.131. The molecule has 0 radical (unpaired) electrons. The van der Waals surface area contributed by atoms with Crippen LogP contribution < -0.4 is 5.01 Å². The molecule has 0 saturated carbocycles. The van der Waals surface area contributed by atoms with Gasteiger partial charge in [0.25, 0.3) is 5.91 Å². The fourth-order valence-corrected chi connectivity index (χ4v) is 3.38. The molecule has 0 saturated heterocycles. The second-order valence-corrected chi connectivity index (χ2v) is 7.11. The van der Waals surface area contributed by atoms with Crippen LogP contribution in [-0.4, -0.2) is 11.6 Å². The third-order valence-corrected chi connectivity index (χ3v) is 4.94. The number of hydrazone groups is 1. The minimum absolute atomic E-state index is 0.131. The molecule has 0 N–H and O–H groups in total. The number of carbonyl (C=O) groups is 1. The van der Waals surface area contributed by atoms with Gasteiger partial charge in [0.15, 0.2) is 0 Å². The van der Waals surface area contributed by atoms with Gasteiger partial charge < -0.3 is 0 Å². The first kappa shape index (κ1) is 18.9. The molecule has 0 bridgehead atoms. The molecule has 0 unspecified atom stereocenters. The standard InChI is InChI=1S/C25H19ClN2O/c1-18-24(25(29)28(27-18)22-10-6-3-7-11-22)23(20-8-4-2-5-9-20)17-14-19-12-15-21(26)16-13-19/h2-17H,1H3/b17-14-,24-23+. The smallest absolute Gasteiger partial charge is 0.267 e. The summed E-state index contributed by atoms with van der Waals surface area (Å²) in [7, 11) is 0. The Bertz CT molecular complexity index is 1110. The van der Waals surface area contributed by atoms with Crippen molar-refractivity contribution in [2.24, 2.45) is 5.10 Å². The number of halogens is 1. The molecule has 0 fully saturated rings. The molecule has 142 valence electrons. The normalized spacial score (nSPS) is 15.7. The van der Waals surface area contributed by atoms with E-state index < -0.39 is 0 Å². The highest BCUT2D eigenvalue weighted by Crippen LogP contribution is 2.30. The van der Waals surface area contributed by atoms with Crippen molar-refractivity contribution in [1.82, 2.24) is 0 Å². The average molecular weight is 399 g/mol. The average Bonchev–Trinajstić information content (AvgIpc) is 3.05. The van der Waals surface area contributed by atoms with Crippen LogP contribution in [0.25, 0.3) is 11.6 Å². The lowest BCUT2D eigenvalue weighted by Crippen LogP contribution is -2.21. The second-order valence-electron chi connectivity index (χ2n) is 6.68. The maximum Gasteiger partial charge on any atom is 0.281 e. The predicted molar refractivity (Wildman–Crippen MR) is 121 cm³/mol. The van der Waals surface area contributed by atoms with Crippen molar-refractivity contribution in [3.05, 3.63) is 113 Å². The lowest BCUT2D eigenvalue weighted by molar-refractivity contribution is -0.114. The molecule has 0 atom stereocenters. The van der Waals surface area contributed by atoms with E-state index in [9.17, 15) is 4.79 Å². The van der Waals surface area contributed by atoms with E-state index in [-0.39, 0.29) is 5.91 Å². The maximum absolute atomic E-state index is 13.3. The molecule has 3 aromatic carbocycles. The number of benzene rings is 3. The highest BCUT2D eigenvalue weighted by Gasteiger charge is 2.31. The largest absolute Gasteiger partial charge is 0.281 e. The fourth-order valence-electron chi connectivity index (χ4n) is 3.26. The quantitative estimate of drug-likeness (QED) is 0.479. The Balaban J connectivity index is 1.80. The number of anilines is 1. The molecule has 0 aliphatic carbocycles. The Morgan fingerprint density at radius 1 is 0.897 bits per heavy atom. The number of para-hydroxylation sites is 1. The third-order valence-electron chi connectivity index (χ3n) is 4.69. The van der Waals surface area contributed by atoms with Crippen molar-refractivity contribution in [2.45, 2.75) is 6.92 Å². The van der Waals surface area contributed by atoms with Crippen LogP contribution in [-0.2, 0) is 4.79 Å². The molecule has 1 amide bonds. The molecule has 3 aromatic rings. The van der Waals surface area contributed by atoms with E-state index in [0.717, 1.165) is 22.4 Å². The second kappa shape index (κ2) is 8.29. The molecule has 0 spiro atoms. The van der Waals surface area contributed by atoms with E-state index in [1.54, 1.807) is 0 Å². The van der Waals surface area contributed by atoms with Gasteiger partial charge in [-0.05, 0) is 47.9 Å². The van der Waals surface area contributed by atoms with Crippen LogP contribution in [0, 0.1) is 0 Å². The zero-order valence-corrected chi connectivity index (χ0v) is 16.7. The van der Waals surface area contributed by atoms with Crippen molar-refractivity contribution in [3.8, 4) is 0 Å². The van der Waals surface area contributed by atoms with Gasteiger partial charge in [-0.1, -0.05) is 84.4 Å². The van der Waals surface area contributed by atoms with Gasteiger partial charge in [-0.3, -0.25) is 4.79 Å². The van der Waals surface area contributed by atoms with Crippen LogP contribution in [0.15, 0.2) is 102 Å². The summed E-state index contributed by atoms with van der Waals surface area (Å²) in [5, 5.41) is 6.68. The predicted octanol–water partition coefficient (Wildman–Crippen LogP) is 6.23. The lowest BCUT2D eigenvalue weighted by atomic mass is 9.96. The molecular weight excluding hydrogens is 380 g/mol. The van der Waals surface area contributed by atoms with E-state index in [2.05, 4.69) is 5.10 Å². The summed E-state index contributed by atoms with van der Waals surface area (Å²) < 4.78 is 0. The number of allylic oxidation sites excluding steroid dienone is 2. The monoisotopic (exact) mass is 398 g/mol. The van der Waals surface area contributed by atoms with Gasteiger partial charge in [0, 0.05) is 5.02 Å². The lowest BCUT2D eigenvalue weighted by Gasteiger charge is -2.12. The zero-order chi connectivity index (χ0) is 20.2. The molecule has 0 aromatic heterocycles. The van der Waals surface area contributed by atoms with Gasteiger partial charge in [-0.15, -0.1) is 0 Å². The van der Waals surface area contributed by atoms with Gasteiger partial charge in [0.1, 0.15) is 0 Å². The van der Waals surface area contributed by atoms with Gasteiger partial charge in [0.05, 0.1) is 17.0 Å². The van der Waals surface area contributed by atoms with Gasteiger partial charge in [0.2, 0.25) is 0 Å². The van der Waals surface area contributed by atoms with Crippen molar-refractivity contribution in [3.63, 3.8) is 0 Å².